The Hall–Kier alpha value is 0.793. The van der Waals surface area contributed by atoms with Crippen LogP contribution in [0.4, 0.5) is 0 Å². The van der Waals surface area contributed by atoms with Gasteiger partial charge in [0.1, 0.15) is 23.8 Å². The van der Waals surface area contributed by atoms with Crippen molar-refractivity contribution in [1.29, 1.82) is 5.41 Å². The van der Waals surface area contributed by atoms with Gasteiger partial charge in [0.05, 0.1) is 12.6 Å². The standard InChI is InChI=1S/C14H32N3O2Si2.C3H9Si.U/c1-12(2)14(16)19-11-13(15)10-18-8-7-9-20(3)17-21(4,5)6;1-4(2)3;/h13,16-17H,1,7-11,15H2,2-6H3;1-3H3;. The van der Waals surface area contributed by atoms with E-state index in [1.54, 1.807) is 6.92 Å². The molecule has 0 aromatic carbocycles. The van der Waals surface area contributed by atoms with Crippen molar-refractivity contribution in [3.63, 3.8) is 0 Å². The first-order valence-corrected chi connectivity index (χ1v) is 17.6. The Morgan fingerprint density at radius 2 is 1.69 bits per heavy atom. The summed E-state index contributed by atoms with van der Waals surface area (Å²) in [6, 6.07) is 1.01. The van der Waals surface area contributed by atoms with Gasteiger partial charge in [-0.1, -0.05) is 52.4 Å². The predicted molar refractivity (Wildman–Crippen MR) is 118 cm³/mol. The zero-order valence-electron chi connectivity index (χ0n) is 18.2. The van der Waals surface area contributed by atoms with Gasteiger partial charge in [0.15, 0.2) is 0 Å². The summed E-state index contributed by atoms with van der Waals surface area (Å²) in [4.78, 5) is 0. The summed E-state index contributed by atoms with van der Waals surface area (Å²) in [5, 5.41) is 7.48. The molecule has 1 atom stereocenters. The normalized spacial score (nSPS) is 12.1. The minimum Gasteiger partial charge on any atom is -0.476 e. The number of ether oxygens (including phenoxy) is 2. The zero-order valence-corrected chi connectivity index (χ0v) is 25.4. The fourth-order valence-corrected chi connectivity index (χ4v) is 8.03. The molecule has 0 aromatic rings. The van der Waals surface area contributed by atoms with Gasteiger partial charge >= 0.3 is 0 Å². The van der Waals surface area contributed by atoms with Crippen molar-refractivity contribution in [3.05, 3.63) is 12.2 Å². The van der Waals surface area contributed by atoms with E-state index in [9.17, 15) is 0 Å². The average Bonchev–Trinajstić information content (AvgIpc) is 2.41. The van der Waals surface area contributed by atoms with Crippen molar-refractivity contribution in [2.45, 2.75) is 71.3 Å². The van der Waals surface area contributed by atoms with E-state index >= 15 is 0 Å². The number of nitrogens with one attached hydrogen (secondary N) is 2. The molecule has 0 saturated carbocycles. The quantitative estimate of drug-likeness (QED) is 0.139. The summed E-state index contributed by atoms with van der Waals surface area (Å²) in [5.74, 6) is 0.0982. The van der Waals surface area contributed by atoms with Crippen molar-refractivity contribution >= 4 is 31.9 Å². The average molecular weight is 642 g/mol. The third-order valence-electron chi connectivity index (χ3n) is 2.59. The molecule has 9 heteroatoms. The van der Waals surface area contributed by atoms with Crippen LogP contribution in [0.5, 0.6) is 0 Å². The molecule has 1 unspecified atom stereocenters. The van der Waals surface area contributed by atoms with Crippen molar-refractivity contribution in [1.82, 2.24) is 4.65 Å². The molecule has 0 aliphatic heterocycles. The maximum atomic E-state index is 7.48. The first-order valence-electron chi connectivity index (χ1n) is 8.93. The van der Waals surface area contributed by atoms with Crippen molar-refractivity contribution < 1.29 is 40.6 Å². The Balaban J connectivity index is -0.000000951. The molecule has 0 rings (SSSR count). The Morgan fingerprint density at radius 1 is 1.19 bits per heavy atom. The van der Waals surface area contributed by atoms with E-state index in [-0.39, 0.29) is 51.8 Å². The van der Waals surface area contributed by atoms with Crippen molar-refractivity contribution in [2.75, 3.05) is 19.8 Å². The molecule has 0 aliphatic carbocycles. The molecular weight excluding hydrogens is 600 g/mol. The predicted octanol–water partition coefficient (Wildman–Crippen LogP) is 3.71. The third kappa shape index (κ3) is 27.0. The summed E-state index contributed by atoms with van der Waals surface area (Å²) >= 11 is 0. The smallest absolute Gasteiger partial charge is 0.208 e. The monoisotopic (exact) mass is 641 g/mol. The van der Waals surface area contributed by atoms with Crippen LogP contribution in [0.3, 0.4) is 0 Å². The minimum absolute atomic E-state index is 0. The van der Waals surface area contributed by atoms with E-state index in [0.717, 1.165) is 13.0 Å². The minimum atomic E-state index is -1.15. The summed E-state index contributed by atoms with van der Waals surface area (Å²) in [7, 11) is -1.47. The van der Waals surface area contributed by atoms with E-state index in [0.29, 0.717) is 18.8 Å². The summed E-state index contributed by atoms with van der Waals surface area (Å²) in [5.41, 5.74) is 6.48. The van der Waals surface area contributed by atoms with E-state index in [1.807, 2.05) is 0 Å². The molecule has 152 valence electrons. The SMILES string of the molecule is C=C(C)C(=N)OCC(N)COCCC[Si](C)N[Si](C)(C)C.C[Si](C)C.[U]. The number of nitrogens with two attached hydrogens (primary N) is 1. The van der Waals surface area contributed by atoms with Gasteiger partial charge in [-0.2, -0.15) is 0 Å². The second kappa shape index (κ2) is 17.9. The molecule has 0 aliphatic rings. The molecule has 26 heavy (non-hydrogen) atoms. The van der Waals surface area contributed by atoms with Gasteiger partial charge in [-0.15, -0.1) is 0 Å². The van der Waals surface area contributed by atoms with Crippen LogP contribution in [0, 0.1) is 36.5 Å². The van der Waals surface area contributed by atoms with E-state index in [1.165, 1.54) is 6.04 Å². The Bertz CT molecular complexity index is 378. The van der Waals surface area contributed by atoms with Crippen LogP contribution in [0.1, 0.15) is 13.3 Å². The third-order valence-corrected chi connectivity index (χ3v) is 8.40. The van der Waals surface area contributed by atoms with Crippen molar-refractivity contribution in [2.24, 2.45) is 5.73 Å². The first kappa shape index (κ1) is 31.5. The number of rotatable bonds is 11. The van der Waals surface area contributed by atoms with E-state index < -0.39 is 17.2 Å². The van der Waals surface area contributed by atoms with Gasteiger partial charge < -0.3 is 19.9 Å². The topological polar surface area (TPSA) is 80.4 Å². The largest absolute Gasteiger partial charge is 0.476 e. The zero-order chi connectivity index (χ0) is 20.0. The number of hydrogen-bond acceptors (Lipinski definition) is 5. The van der Waals surface area contributed by atoms with E-state index in [4.69, 9.17) is 20.6 Å². The van der Waals surface area contributed by atoms with Crippen LogP contribution < -0.4 is 10.4 Å². The van der Waals surface area contributed by atoms with Gasteiger partial charge in [-0.3, -0.25) is 5.41 Å². The van der Waals surface area contributed by atoms with Crippen LogP contribution in [0.25, 0.3) is 0 Å². The fourth-order valence-electron chi connectivity index (χ4n) is 1.74. The second-order valence-electron chi connectivity index (χ2n) is 8.01. The van der Waals surface area contributed by atoms with Crippen LogP contribution in [-0.2, 0) is 9.47 Å². The van der Waals surface area contributed by atoms with Crippen molar-refractivity contribution in [3.8, 4) is 0 Å². The second-order valence-corrected chi connectivity index (χ2v) is 18.6. The van der Waals surface area contributed by atoms with Gasteiger partial charge in [0, 0.05) is 52.1 Å². The molecule has 0 aromatic heterocycles. The Morgan fingerprint density at radius 3 is 2.12 bits per heavy atom. The van der Waals surface area contributed by atoms with Crippen LogP contribution in [0.15, 0.2) is 12.2 Å². The molecule has 0 spiro atoms. The molecule has 4 N–H and O–H groups in total. The van der Waals surface area contributed by atoms with Crippen LogP contribution >= 0.6 is 0 Å². The summed E-state index contributed by atoms with van der Waals surface area (Å²) in [6.45, 7) is 23.0. The van der Waals surface area contributed by atoms with Crippen LogP contribution in [0.2, 0.25) is 51.9 Å². The molecule has 0 amide bonds. The first-order chi connectivity index (χ1) is 11.3. The van der Waals surface area contributed by atoms with E-state index in [2.05, 4.69) is 57.1 Å². The van der Waals surface area contributed by atoms with Crippen LogP contribution in [-0.4, -0.2) is 57.8 Å². The molecular formula is C17H41N3O2Si3U. The fraction of sp³-hybridized carbons (Fsp3) is 0.824. The Kier molecular flexibility index (Phi) is 21.6. The Labute approximate surface area is 190 Å². The molecule has 0 heterocycles. The van der Waals surface area contributed by atoms with Gasteiger partial charge in [0.25, 0.3) is 0 Å². The maximum Gasteiger partial charge on any atom is 0.208 e. The molecule has 0 fully saturated rings. The number of hydrogen-bond donors (Lipinski definition) is 3. The molecule has 0 bridgehead atoms. The van der Waals surface area contributed by atoms with Gasteiger partial charge in [-0.25, -0.2) is 0 Å². The maximum absolute atomic E-state index is 7.48. The molecule has 0 saturated heterocycles. The van der Waals surface area contributed by atoms with Gasteiger partial charge in [0.2, 0.25) is 5.90 Å². The summed E-state index contributed by atoms with van der Waals surface area (Å²) < 4.78 is 14.5. The molecule has 5 nitrogen and oxygen atoms in total. The summed E-state index contributed by atoms with van der Waals surface area (Å²) in [6.07, 6.45) is 1.07. The molecule has 2 radical (unpaired) electrons. The van der Waals surface area contributed by atoms with Gasteiger partial charge in [-0.05, 0) is 19.4 Å².